The number of hydrogen-bond acceptors (Lipinski definition) is 9. The van der Waals surface area contributed by atoms with Crippen molar-refractivity contribution in [2.45, 2.75) is 97.5 Å². The van der Waals surface area contributed by atoms with Crippen LogP contribution in [0.4, 0.5) is 4.79 Å². The topological polar surface area (TPSA) is 115 Å². The van der Waals surface area contributed by atoms with Crippen molar-refractivity contribution >= 4 is 55.3 Å². The van der Waals surface area contributed by atoms with E-state index in [0.29, 0.717) is 23.2 Å². The molecule has 1 aromatic carbocycles. The third-order valence-electron chi connectivity index (χ3n) is 6.96. The van der Waals surface area contributed by atoms with Crippen LogP contribution >= 0.6 is 11.6 Å². The van der Waals surface area contributed by atoms with Crippen molar-refractivity contribution < 1.29 is 42.3 Å². The first-order chi connectivity index (χ1) is 18.8. The second-order valence-corrected chi connectivity index (χ2v) is 19.3. The summed E-state index contributed by atoms with van der Waals surface area (Å²) in [4.78, 5) is 25.6. The van der Waals surface area contributed by atoms with Crippen LogP contribution in [0.25, 0.3) is 11.0 Å². The Hall–Kier alpha value is -2.25. The maximum absolute atomic E-state index is 13.1. The molecule has 228 valence electrons. The molecule has 1 amide bonds. The molecule has 1 saturated heterocycles. The van der Waals surface area contributed by atoms with E-state index in [0.717, 1.165) is 6.04 Å². The number of fused-ring (bicyclic) bond motifs is 1. The van der Waals surface area contributed by atoms with E-state index in [1.54, 1.807) is 26.8 Å². The van der Waals surface area contributed by atoms with E-state index < -0.39 is 44.1 Å². The summed E-state index contributed by atoms with van der Waals surface area (Å²) in [6, 6.07) is 2.58. The van der Waals surface area contributed by atoms with Crippen LogP contribution in [0.2, 0.25) is 30.7 Å². The van der Waals surface area contributed by atoms with Crippen LogP contribution in [0.3, 0.4) is 0 Å². The van der Waals surface area contributed by atoms with Crippen molar-refractivity contribution in [2.75, 3.05) is 20.5 Å². The molecule has 0 radical (unpaired) electrons. The number of methoxy groups -OCH3 is 1. The molecule has 3 rings (SSSR count). The molecule has 1 aromatic heterocycles. The highest BCUT2D eigenvalue weighted by atomic mass is 35.5. The Morgan fingerprint density at radius 2 is 1.71 bits per heavy atom. The molecule has 0 bridgehead atoms. The molecular formula is C28H43BClNO9Si. The predicted molar refractivity (Wildman–Crippen MR) is 161 cm³/mol. The summed E-state index contributed by atoms with van der Waals surface area (Å²) < 4.78 is 40.9. The number of rotatable bonds is 10. The fraction of sp³-hybridized carbons (Fsp3) is 0.643. The number of amides is 1. The first-order valence-electron chi connectivity index (χ1n) is 13.7. The van der Waals surface area contributed by atoms with Crippen LogP contribution in [-0.4, -0.2) is 64.6 Å². The number of halogens is 1. The van der Waals surface area contributed by atoms with Crippen LogP contribution in [-0.2, 0) is 30.1 Å². The number of benzene rings is 1. The fourth-order valence-corrected chi connectivity index (χ4v) is 5.05. The van der Waals surface area contributed by atoms with Crippen LogP contribution in [0.15, 0.2) is 10.5 Å². The molecule has 41 heavy (non-hydrogen) atoms. The summed E-state index contributed by atoms with van der Waals surface area (Å²) in [5.74, 6) is -0.343. The predicted octanol–water partition coefficient (Wildman–Crippen LogP) is 5.89. The molecule has 0 spiro atoms. The Morgan fingerprint density at radius 3 is 2.24 bits per heavy atom. The standard InChI is InChI=1S/C28H43BClNO9Si/c1-26(2,3)38-25(33)31-15-19-21(29-39-27(4,5)28(6,7)40-29)17-14-18(30)23(20(22(17)37-19)24(32)34-8)36-16-35-12-13-41(9,10)11/h14H,12-13,15-16H2,1-11H3,(H,31,33). The SMILES string of the molecule is COC(=O)c1c(OCOCC[Si](C)(C)C)c(Cl)cc2c(B3OC(C)(C)C(C)(C)O3)c(CNC(=O)OC(C)(C)C)oc12. The first kappa shape index (κ1) is 33.3. The summed E-state index contributed by atoms with van der Waals surface area (Å²) in [5.41, 5.74) is -1.39. The number of nitrogens with one attached hydrogen (secondary N) is 1. The quantitative estimate of drug-likeness (QED) is 0.152. The Kier molecular flexibility index (Phi) is 9.86. The summed E-state index contributed by atoms with van der Waals surface area (Å²) in [6.07, 6.45) is -0.636. The van der Waals surface area contributed by atoms with E-state index in [9.17, 15) is 9.59 Å². The number of hydrogen-bond donors (Lipinski definition) is 1. The smallest absolute Gasteiger partial charge is 0.465 e. The van der Waals surface area contributed by atoms with Gasteiger partial charge in [-0.05, 0) is 60.6 Å². The Labute approximate surface area is 248 Å². The molecule has 13 heteroatoms. The lowest BCUT2D eigenvalue weighted by Crippen LogP contribution is -2.41. The molecule has 2 heterocycles. The minimum atomic E-state index is -1.29. The summed E-state index contributed by atoms with van der Waals surface area (Å²) in [7, 11) is -0.917. The monoisotopic (exact) mass is 611 g/mol. The Morgan fingerprint density at radius 1 is 1.10 bits per heavy atom. The van der Waals surface area contributed by atoms with Crippen molar-refractivity contribution in [3.05, 3.63) is 22.4 Å². The molecule has 0 saturated carbocycles. The van der Waals surface area contributed by atoms with Crippen LogP contribution in [0.5, 0.6) is 5.75 Å². The maximum atomic E-state index is 13.1. The molecule has 0 atom stereocenters. The third kappa shape index (κ3) is 7.98. The zero-order chi connectivity index (χ0) is 31.0. The average Bonchev–Trinajstić information content (AvgIpc) is 3.27. The zero-order valence-electron chi connectivity index (χ0n) is 26.0. The van der Waals surface area contributed by atoms with Gasteiger partial charge in [0.05, 0.1) is 29.9 Å². The lowest BCUT2D eigenvalue weighted by Gasteiger charge is -2.32. The molecule has 0 aliphatic carbocycles. The minimum Gasteiger partial charge on any atom is -0.465 e. The number of esters is 1. The number of ether oxygens (including phenoxy) is 4. The maximum Gasteiger partial charge on any atom is 0.499 e. The average molecular weight is 612 g/mol. The van der Waals surface area contributed by atoms with Gasteiger partial charge in [0.15, 0.2) is 18.1 Å². The lowest BCUT2D eigenvalue weighted by molar-refractivity contribution is 0.00578. The van der Waals surface area contributed by atoms with Crippen molar-refractivity contribution in [1.29, 1.82) is 0 Å². The number of carbonyl (C=O) groups excluding carboxylic acids is 2. The molecule has 1 N–H and O–H groups in total. The summed E-state index contributed by atoms with van der Waals surface area (Å²) in [6.45, 7) is 20.1. The highest BCUT2D eigenvalue weighted by Gasteiger charge is 2.53. The van der Waals surface area contributed by atoms with Crippen molar-refractivity contribution in [3.63, 3.8) is 0 Å². The molecule has 1 fully saturated rings. The third-order valence-corrected chi connectivity index (χ3v) is 8.94. The van der Waals surface area contributed by atoms with E-state index in [1.807, 2.05) is 27.7 Å². The number of furan rings is 1. The molecule has 10 nitrogen and oxygen atoms in total. The first-order valence-corrected chi connectivity index (χ1v) is 17.7. The van der Waals surface area contributed by atoms with E-state index >= 15 is 0 Å². The van der Waals surface area contributed by atoms with Crippen LogP contribution in [0, 0.1) is 0 Å². The second kappa shape index (κ2) is 12.2. The Bertz CT molecular complexity index is 1260. The Balaban J connectivity index is 2.08. The van der Waals surface area contributed by atoms with Gasteiger partial charge in [-0.25, -0.2) is 9.59 Å². The second-order valence-electron chi connectivity index (χ2n) is 13.3. The van der Waals surface area contributed by atoms with Gasteiger partial charge in [-0.2, -0.15) is 0 Å². The van der Waals surface area contributed by atoms with Gasteiger partial charge in [0.1, 0.15) is 16.9 Å². The van der Waals surface area contributed by atoms with Crippen molar-refractivity contribution in [3.8, 4) is 5.75 Å². The molecular weight excluding hydrogens is 569 g/mol. The van der Waals surface area contributed by atoms with Crippen LogP contribution in [0.1, 0.15) is 64.6 Å². The molecule has 1 aliphatic heterocycles. The van der Waals surface area contributed by atoms with Gasteiger partial charge in [0, 0.05) is 25.5 Å². The van der Waals surface area contributed by atoms with E-state index in [-0.39, 0.29) is 35.3 Å². The molecule has 1 aliphatic rings. The van der Waals surface area contributed by atoms with E-state index in [1.165, 1.54) is 7.11 Å². The van der Waals surface area contributed by atoms with Gasteiger partial charge in [-0.1, -0.05) is 31.2 Å². The molecule has 2 aromatic rings. The summed E-state index contributed by atoms with van der Waals surface area (Å²) >= 11 is 6.70. The van der Waals surface area contributed by atoms with E-state index in [2.05, 4.69) is 25.0 Å². The fourth-order valence-electron chi connectivity index (χ4n) is 4.03. The minimum absolute atomic E-state index is 0.00918. The summed E-state index contributed by atoms with van der Waals surface area (Å²) in [5, 5.41) is 3.32. The number of alkyl carbamates (subject to hydrolysis) is 1. The van der Waals surface area contributed by atoms with Crippen molar-refractivity contribution in [2.24, 2.45) is 0 Å². The molecule has 0 unspecified atom stereocenters. The lowest BCUT2D eigenvalue weighted by atomic mass is 9.76. The number of carbonyl (C=O) groups is 2. The van der Waals surface area contributed by atoms with Gasteiger partial charge >= 0.3 is 19.2 Å². The van der Waals surface area contributed by atoms with Gasteiger partial charge < -0.3 is 38.0 Å². The zero-order valence-corrected chi connectivity index (χ0v) is 27.8. The van der Waals surface area contributed by atoms with Gasteiger partial charge in [-0.15, -0.1) is 0 Å². The highest BCUT2D eigenvalue weighted by molar-refractivity contribution is 6.76. The van der Waals surface area contributed by atoms with Gasteiger partial charge in [0.2, 0.25) is 0 Å². The van der Waals surface area contributed by atoms with Gasteiger partial charge in [-0.3, -0.25) is 0 Å². The van der Waals surface area contributed by atoms with Gasteiger partial charge in [0.25, 0.3) is 0 Å². The normalized spacial score (nSPS) is 16.6. The van der Waals surface area contributed by atoms with Crippen molar-refractivity contribution in [1.82, 2.24) is 5.32 Å². The van der Waals surface area contributed by atoms with E-state index in [4.69, 9.17) is 44.3 Å². The van der Waals surface area contributed by atoms with Crippen LogP contribution < -0.4 is 15.5 Å². The highest BCUT2D eigenvalue weighted by Crippen LogP contribution is 2.41. The largest absolute Gasteiger partial charge is 0.499 e.